The van der Waals surface area contributed by atoms with Gasteiger partial charge < -0.3 is 9.47 Å². The maximum atomic E-state index is 6.53. The maximum Gasteiger partial charge on any atom is 0.120 e. The van der Waals surface area contributed by atoms with E-state index in [4.69, 9.17) is 21.1 Å². The maximum absolute atomic E-state index is 6.53. The van der Waals surface area contributed by atoms with Crippen molar-refractivity contribution in [2.45, 2.75) is 50.5 Å². The zero-order valence-corrected chi connectivity index (χ0v) is 14.3. The van der Waals surface area contributed by atoms with Gasteiger partial charge in [0.1, 0.15) is 5.75 Å². The van der Waals surface area contributed by atoms with Crippen molar-refractivity contribution in [1.29, 1.82) is 0 Å². The minimum Gasteiger partial charge on any atom is -0.494 e. The van der Waals surface area contributed by atoms with Gasteiger partial charge in [-0.25, -0.2) is 0 Å². The average Bonchev–Trinajstić information content (AvgIpc) is 2.46. The molecule has 0 aliphatic carbocycles. The molecule has 0 bridgehead atoms. The van der Waals surface area contributed by atoms with Gasteiger partial charge >= 0.3 is 0 Å². The number of hydrogen-bond acceptors (Lipinski definition) is 2. The molecule has 0 N–H and O–H groups in total. The van der Waals surface area contributed by atoms with Gasteiger partial charge in [-0.15, -0.1) is 11.6 Å². The second kappa shape index (κ2) is 8.26. The lowest BCUT2D eigenvalue weighted by Gasteiger charge is -2.23. The van der Waals surface area contributed by atoms with E-state index in [2.05, 4.69) is 22.0 Å². The minimum absolute atomic E-state index is 0.0191. The average molecular weight is 362 g/mol. The molecule has 1 fully saturated rings. The first kappa shape index (κ1) is 16.1. The highest BCUT2D eigenvalue weighted by molar-refractivity contribution is 9.10. The Balaban J connectivity index is 1.89. The molecule has 1 aromatic carbocycles. The molecule has 1 heterocycles. The summed E-state index contributed by atoms with van der Waals surface area (Å²) in [5.74, 6) is 0.877. The SMILES string of the molecule is CCOc1ccc(C(Cl)CCC2CCCCO2)c(Br)c1. The molecule has 1 aliphatic rings. The number of benzene rings is 1. The van der Waals surface area contributed by atoms with Crippen LogP contribution in [0.5, 0.6) is 5.75 Å². The number of halogens is 2. The molecule has 0 saturated carbocycles. The molecule has 1 saturated heterocycles. The highest BCUT2D eigenvalue weighted by Gasteiger charge is 2.18. The number of alkyl halides is 1. The van der Waals surface area contributed by atoms with E-state index in [1.165, 1.54) is 19.3 Å². The van der Waals surface area contributed by atoms with Crippen LogP contribution in [0.4, 0.5) is 0 Å². The van der Waals surface area contributed by atoms with Crippen molar-refractivity contribution in [3.8, 4) is 5.75 Å². The van der Waals surface area contributed by atoms with Crippen LogP contribution in [0.15, 0.2) is 22.7 Å². The quantitative estimate of drug-likeness (QED) is 0.625. The van der Waals surface area contributed by atoms with Gasteiger partial charge in [-0.1, -0.05) is 22.0 Å². The first-order chi connectivity index (χ1) is 9.70. The van der Waals surface area contributed by atoms with Crippen molar-refractivity contribution in [1.82, 2.24) is 0 Å². The van der Waals surface area contributed by atoms with Gasteiger partial charge in [-0.3, -0.25) is 0 Å². The highest BCUT2D eigenvalue weighted by atomic mass is 79.9. The van der Waals surface area contributed by atoms with Gasteiger partial charge in [-0.05, 0) is 56.7 Å². The van der Waals surface area contributed by atoms with Gasteiger partial charge in [0.15, 0.2) is 0 Å². The van der Waals surface area contributed by atoms with Crippen molar-refractivity contribution >= 4 is 27.5 Å². The molecule has 0 aromatic heterocycles. The molecule has 1 aliphatic heterocycles. The first-order valence-corrected chi connectivity index (χ1v) is 8.61. The van der Waals surface area contributed by atoms with E-state index < -0.39 is 0 Å². The van der Waals surface area contributed by atoms with Crippen LogP contribution in [0.25, 0.3) is 0 Å². The Morgan fingerprint density at radius 3 is 2.95 bits per heavy atom. The Morgan fingerprint density at radius 1 is 1.45 bits per heavy atom. The van der Waals surface area contributed by atoms with Crippen LogP contribution < -0.4 is 4.74 Å². The zero-order valence-electron chi connectivity index (χ0n) is 11.9. The molecular weight excluding hydrogens is 340 g/mol. The van der Waals surface area contributed by atoms with Gasteiger partial charge in [0, 0.05) is 11.1 Å². The van der Waals surface area contributed by atoms with Crippen LogP contribution in [0, 0.1) is 0 Å². The van der Waals surface area contributed by atoms with Gasteiger partial charge in [0.05, 0.1) is 18.1 Å². The van der Waals surface area contributed by atoms with E-state index >= 15 is 0 Å². The Hall–Kier alpha value is -0.250. The van der Waals surface area contributed by atoms with Crippen LogP contribution >= 0.6 is 27.5 Å². The summed E-state index contributed by atoms with van der Waals surface area (Å²) in [5, 5.41) is 0.0191. The van der Waals surface area contributed by atoms with Gasteiger partial charge in [-0.2, -0.15) is 0 Å². The molecule has 2 unspecified atom stereocenters. The van der Waals surface area contributed by atoms with Crippen molar-refractivity contribution < 1.29 is 9.47 Å². The smallest absolute Gasteiger partial charge is 0.120 e. The molecule has 2 rings (SSSR count). The highest BCUT2D eigenvalue weighted by Crippen LogP contribution is 2.35. The summed E-state index contributed by atoms with van der Waals surface area (Å²) < 4.78 is 12.3. The summed E-state index contributed by atoms with van der Waals surface area (Å²) in [6.07, 6.45) is 6.03. The van der Waals surface area contributed by atoms with E-state index in [1.54, 1.807) is 0 Å². The van der Waals surface area contributed by atoms with Crippen molar-refractivity contribution in [3.05, 3.63) is 28.2 Å². The van der Waals surface area contributed by atoms with Crippen molar-refractivity contribution in [3.63, 3.8) is 0 Å². The van der Waals surface area contributed by atoms with E-state index in [9.17, 15) is 0 Å². The summed E-state index contributed by atoms with van der Waals surface area (Å²) in [7, 11) is 0. The fourth-order valence-electron chi connectivity index (χ4n) is 2.54. The normalized spacial score (nSPS) is 20.6. The van der Waals surface area contributed by atoms with Crippen LogP contribution in [0.1, 0.15) is 50.0 Å². The molecule has 0 amide bonds. The van der Waals surface area contributed by atoms with E-state index in [-0.39, 0.29) is 5.38 Å². The Morgan fingerprint density at radius 2 is 2.30 bits per heavy atom. The summed E-state index contributed by atoms with van der Waals surface area (Å²) >= 11 is 10.1. The molecule has 2 atom stereocenters. The molecule has 0 spiro atoms. The Bertz CT molecular complexity index is 419. The zero-order chi connectivity index (χ0) is 14.4. The molecule has 1 aromatic rings. The minimum atomic E-state index is 0.0191. The van der Waals surface area contributed by atoms with Crippen LogP contribution in [0.2, 0.25) is 0 Å². The topological polar surface area (TPSA) is 18.5 Å². The largest absolute Gasteiger partial charge is 0.494 e. The number of ether oxygens (including phenoxy) is 2. The number of hydrogen-bond donors (Lipinski definition) is 0. The van der Waals surface area contributed by atoms with Crippen LogP contribution in [-0.4, -0.2) is 19.3 Å². The van der Waals surface area contributed by atoms with E-state index in [1.807, 2.05) is 19.1 Å². The summed E-state index contributed by atoms with van der Waals surface area (Å²) in [4.78, 5) is 0. The third-order valence-electron chi connectivity index (χ3n) is 3.64. The third-order valence-corrected chi connectivity index (χ3v) is 4.78. The second-order valence-corrected chi connectivity index (χ2v) is 6.53. The summed E-state index contributed by atoms with van der Waals surface area (Å²) in [6.45, 7) is 3.57. The Labute approximate surface area is 134 Å². The lowest BCUT2D eigenvalue weighted by atomic mass is 10.0. The molecular formula is C16H22BrClO2. The predicted molar refractivity (Wildman–Crippen MR) is 86.7 cm³/mol. The van der Waals surface area contributed by atoms with Crippen LogP contribution in [0.3, 0.4) is 0 Å². The molecule has 112 valence electrons. The first-order valence-electron chi connectivity index (χ1n) is 7.38. The molecule has 2 nitrogen and oxygen atoms in total. The lowest BCUT2D eigenvalue weighted by molar-refractivity contribution is 0.01000. The fraction of sp³-hybridized carbons (Fsp3) is 0.625. The second-order valence-electron chi connectivity index (χ2n) is 5.15. The Kier molecular flexibility index (Phi) is 6.66. The third kappa shape index (κ3) is 4.64. The van der Waals surface area contributed by atoms with E-state index in [0.29, 0.717) is 12.7 Å². The monoisotopic (exact) mass is 360 g/mol. The van der Waals surface area contributed by atoms with Crippen molar-refractivity contribution in [2.24, 2.45) is 0 Å². The predicted octanol–water partition coefficient (Wildman–Crippen LogP) is 5.48. The lowest BCUT2D eigenvalue weighted by Crippen LogP contribution is -2.19. The molecule has 0 radical (unpaired) electrons. The molecule has 4 heteroatoms. The van der Waals surface area contributed by atoms with Crippen molar-refractivity contribution in [2.75, 3.05) is 13.2 Å². The number of rotatable bonds is 6. The van der Waals surface area contributed by atoms with Gasteiger partial charge in [0.2, 0.25) is 0 Å². The molecule has 20 heavy (non-hydrogen) atoms. The standard InChI is InChI=1S/C16H22BrClO2/c1-2-19-13-6-8-14(15(17)11-13)16(18)9-7-12-5-3-4-10-20-12/h6,8,11-12,16H,2-5,7,9-10H2,1H3. The van der Waals surface area contributed by atoms with E-state index in [0.717, 1.165) is 35.2 Å². The van der Waals surface area contributed by atoms with Crippen LogP contribution in [-0.2, 0) is 4.74 Å². The van der Waals surface area contributed by atoms with Gasteiger partial charge in [0.25, 0.3) is 0 Å². The summed E-state index contributed by atoms with van der Waals surface area (Å²) in [6, 6.07) is 6.02. The fourth-order valence-corrected chi connectivity index (χ4v) is 3.62. The summed E-state index contributed by atoms with van der Waals surface area (Å²) in [5.41, 5.74) is 1.13.